The van der Waals surface area contributed by atoms with E-state index >= 15 is 0 Å². The number of ketones is 1. The molecule has 0 radical (unpaired) electrons. The second-order valence-corrected chi connectivity index (χ2v) is 15.2. The summed E-state index contributed by atoms with van der Waals surface area (Å²) in [6.07, 6.45) is 1.12. The number of piperazine rings is 1. The van der Waals surface area contributed by atoms with Crippen molar-refractivity contribution in [2.45, 2.75) is 37.1 Å². The summed E-state index contributed by atoms with van der Waals surface area (Å²) >= 11 is 5.91. The first-order valence-electron chi connectivity index (χ1n) is 16.2. The van der Waals surface area contributed by atoms with Crippen LogP contribution in [-0.2, 0) is 10.0 Å². The van der Waals surface area contributed by atoms with Crippen LogP contribution in [0.2, 0.25) is 5.15 Å². The van der Waals surface area contributed by atoms with Gasteiger partial charge in [0, 0.05) is 44.8 Å². The van der Waals surface area contributed by atoms with E-state index in [1.165, 1.54) is 4.31 Å². The molecule has 0 bridgehead atoms. The lowest BCUT2D eigenvalue weighted by Gasteiger charge is -2.39. The molecule has 3 aromatic rings. The van der Waals surface area contributed by atoms with Gasteiger partial charge in [0.2, 0.25) is 10.0 Å². The number of carbonyl (C=O) groups is 3. The first-order valence-corrected chi connectivity index (χ1v) is 18.0. The topological polar surface area (TPSA) is 209 Å². The van der Waals surface area contributed by atoms with Gasteiger partial charge < -0.3 is 21.7 Å². The maximum Gasteiger partial charge on any atom is 0.280 e. The molecule has 2 saturated heterocycles. The Hall–Kier alpha value is -4.64. The van der Waals surface area contributed by atoms with E-state index in [1.807, 2.05) is 24.8 Å². The van der Waals surface area contributed by atoms with Crippen LogP contribution in [0, 0.1) is 13.8 Å². The molecule has 264 valence electrons. The molecule has 2 amide bonds. The number of halogens is 1. The van der Waals surface area contributed by atoms with Crippen molar-refractivity contribution in [3.8, 4) is 0 Å². The first-order chi connectivity index (χ1) is 23.7. The Bertz CT molecular complexity index is 1970. The van der Waals surface area contributed by atoms with E-state index in [1.54, 1.807) is 41.3 Å². The number of aliphatic imine (C=N–C) groups is 1. The Labute approximate surface area is 295 Å². The zero-order valence-electron chi connectivity index (χ0n) is 27.8. The highest BCUT2D eigenvalue weighted by atomic mass is 35.5. The van der Waals surface area contributed by atoms with E-state index in [-0.39, 0.29) is 64.7 Å². The third-order valence-corrected chi connectivity index (χ3v) is 11.4. The number of carbonyl (C=O) groups excluding carboxylic acids is 3. The van der Waals surface area contributed by atoms with E-state index in [0.29, 0.717) is 56.7 Å². The number of likely N-dealkylation sites (tertiary alicyclic amines) is 1. The van der Waals surface area contributed by atoms with Gasteiger partial charge in [-0.1, -0.05) is 35.9 Å². The van der Waals surface area contributed by atoms with Gasteiger partial charge in [-0.3, -0.25) is 29.6 Å². The first kappa shape index (κ1) is 35.2. The Balaban J connectivity index is 1.02. The number of hydrogen-bond donors (Lipinski definition) is 4. The molecular weight excluding hydrogens is 684 g/mol. The zero-order valence-corrected chi connectivity index (χ0v) is 29.4. The molecule has 15 nitrogen and oxygen atoms in total. The predicted octanol–water partition coefficient (Wildman–Crippen LogP) is 1.46. The fraction of sp³-hybridized carbons (Fsp3) is 0.394. The van der Waals surface area contributed by atoms with E-state index in [0.717, 1.165) is 11.1 Å². The monoisotopic (exact) mass is 722 g/mol. The van der Waals surface area contributed by atoms with Crippen molar-refractivity contribution in [3.63, 3.8) is 0 Å². The number of Topliss-reactive ketones (excluding diaryl/α,β-unsaturated/α-hetero) is 1. The van der Waals surface area contributed by atoms with Gasteiger partial charge in [0.1, 0.15) is 0 Å². The van der Waals surface area contributed by atoms with Gasteiger partial charge in [0.15, 0.2) is 34.2 Å². The van der Waals surface area contributed by atoms with Gasteiger partial charge in [-0.15, -0.1) is 0 Å². The average molecular weight is 723 g/mol. The number of rotatable bonds is 7. The molecule has 1 aromatic heterocycles. The molecular formula is C33H39ClN10O5S. The van der Waals surface area contributed by atoms with Crippen molar-refractivity contribution < 1.29 is 22.8 Å². The fourth-order valence-corrected chi connectivity index (χ4v) is 8.30. The van der Waals surface area contributed by atoms with Crippen molar-refractivity contribution in [1.82, 2.24) is 34.7 Å². The zero-order chi connectivity index (χ0) is 35.8. The number of nitrogen functional groups attached to an aromatic ring is 2. The minimum atomic E-state index is -3.65. The molecule has 4 heterocycles. The molecule has 3 aliphatic rings. The van der Waals surface area contributed by atoms with E-state index < -0.39 is 21.5 Å². The second kappa shape index (κ2) is 13.9. The van der Waals surface area contributed by atoms with E-state index in [9.17, 15) is 22.8 Å². The third-order valence-electron chi connectivity index (χ3n) is 9.27. The maximum atomic E-state index is 13.7. The molecule has 1 spiro atoms. The Kier molecular flexibility index (Phi) is 9.81. The van der Waals surface area contributed by atoms with Crippen LogP contribution in [0.3, 0.4) is 0 Å². The van der Waals surface area contributed by atoms with Crippen molar-refractivity contribution >= 4 is 56.8 Å². The number of nitrogens with two attached hydrogens (primary N) is 2. The summed E-state index contributed by atoms with van der Waals surface area (Å²) in [5, 5.41) is 5.80. The van der Waals surface area contributed by atoms with E-state index in [4.69, 9.17) is 23.1 Å². The number of anilines is 2. The second-order valence-electron chi connectivity index (χ2n) is 12.9. The Morgan fingerprint density at radius 1 is 0.920 bits per heavy atom. The standard InChI is InChI=1S/C33H39ClN10O5S/c1-20-15-21(2)17-22(16-20)50(48,49)44-13-11-42(12-14-44)18-25(45)23-5-3-4-6-24(23)31(47)43-9-7-33(8-10-43)19-37-32(41-33)40-30(46)26-28(35)39-29(36)27(34)38-26/h3-6,15-17H,7-14,18-19H2,1-2H3,(H4,35,36,39)(H2,37,40,41,46). The van der Waals surface area contributed by atoms with Crippen LogP contribution in [0.15, 0.2) is 52.4 Å². The molecule has 6 N–H and O–H groups in total. The molecule has 0 unspecified atom stereocenters. The van der Waals surface area contributed by atoms with Gasteiger partial charge in [-0.2, -0.15) is 4.31 Å². The molecule has 17 heteroatoms. The SMILES string of the molecule is Cc1cc(C)cc(S(=O)(=O)N2CCN(CC(=O)c3ccccc3C(=O)N3CCC4(CC3)CN=C(NC(=O)c3nc(Cl)c(N)nc3N)N4)CC2)c1. The summed E-state index contributed by atoms with van der Waals surface area (Å²) in [6.45, 7) is 6.34. The lowest BCUT2D eigenvalue weighted by molar-refractivity contribution is 0.0663. The quantitative estimate of drug-likeness (QED) is 0.257. The molecule has 0 atom stereocenters. The average Bonchev–Trinajstić information content (AvgIpc) is 3.47. The number of aromatic nitrogens is 2. The maximum absolute atomic E-state index is 13.7. The van der Waals surface area contributed by atoms with Crippen LogP contribution >= 0.6 is 11.6 Å². The number of nitrogens with one attached hydrogen (secondary N) is 2. The number of piperidine rings is 1. The largest absolute Gasteiger partial charge is 0.382 e. The molecule has 2 fully saturated rings. The van der Waals surface area contributed by atoms with Crippen molar-refractivity contribution in [3.05, 3.63) is 75.6 Å². The molecule has 6 rings (SSSR count). The number of nitrogens with zero attached hydrogens (tertiary/aromatic N) is 6. The normalized spacial score (nSPS) is 18.1. The number of amides is 2. The number of sulfonamides is 1. The molecule has 0 aliphatic carbocycles. The van der Waals surface area contributed by atoms with Crippen LogP contribution in [0.1, 0.15) is 55.2 Å². The Morgan fingerprint density at radius 2 is 1.56 bits per heavy atom. The summed E-state index contributed by atoms with van der Waals surface area (Å²) in [5.41, 5.74) is 13.2. The van der Waals surface area contributed by atoms with Crippen molar-refractivity contribution in [1.29, 1.82) is 0 Å². The summed E-state index contributed by atoms with van der Waals surface area (Å²) in [6, 6.07) is 12.1. The summed E-state index contributed by atoms with van der Waals surface area (Å²) in [4.78, 5) is 56.2. The lowest BCUT2D eigenvalue weighted by atomic mass is 9.88. The van der Waals surface area contributed by atoms with E-state index in [2.05, 4.69) is 25.6 Å². The summed E-state index contributed by atoms with van der Waals surface area (Å²) in [7, 11) is -3.65. The summed E-state index contributed by atoms with van der Waals surface area (Å²) < 4.78 is 28.0. The Morgan fingerprint density at radius 3 is 2.22 bits per heavy atom. The van der Waals surface area contributed by atoms with Crippen LogP contribution in [0.4, 0.5) is 11.6 Å². The van der Waals surface area contributed by atoms with Gasteiger partial charge in [0.05, 0.1) is 29.1 Å². The highest BCUT2D eigenvalue weighted by molar-refractivity contribution is 7.89. The van der Waals surface area contributed by atoms with Gasteiger partial charge in [-0.05, 0) is 56.0 Å². The lowest BCUT2D eigenvalue weighted by Crippen LogP contribution is -2.57. The van der Waals surface area contributed by atoms with Crippen LogP contribution < -0.4 is 22.1 Å². The third kappa shape index (κ3) is 7.28. The molecule has 50 heavy (non-hydrogen) atoms. The van der Waals surface area contributed by atoms with Gasteiger partial charge in [0.25, 0.3) is 11.8 Å². The van der Waals surface area contributed by atoms with Crippen LogP contribution in [0.25, 0.3) is 0 Å². The predicted molar refractivity (Wildman–Crippen MR) is 189 cm³/mol. The molecule has 3 aliphatic heterocycles. The number of hydrogen-bond acceptors (Lipinski definition) is 12. The smallest absolute Gasteiger partial charge is 0.280 e. The highest BCUT2D eigenvalue weighted by Crippen LogP contribution is 2.28. The molecule has 0 saturated carbocycles. The van der Waals surface area contributed by atoms with Gasteiger partial charge in [-0.25, -0.2) is 18.4 Å². The number of benzene rings is 2. The van der Waals surface area contributed by atoms with Gasteiger partial charge >= 0.3 is 0 Å². The minimum absolute atomic E-state index is 0.0698. The van der Waals surface area contributed by atoms with Crippen molar-refractivity contribution in [2.75, 3.05) is 63.8 Å². The van der Waals surface area contributed by atoms with Crippen LogP contribution in [-0.4, -0.2) is 114 Å². The highest BCUT2D eigenvalue weighted by Gasteiger charge is 2.41. The van der Waals surface area contributed by atoms with Crippen LogP contribution in [0.5, 0.6) is 0 Å². The minimum Gasteiger partial charge on any atom is -0.382 e. The van der Waals surface area contributed by atoms with Crippen molar-refractivity contribution in [2.24, 2.45) is 4.99 Å². The fourth-order valence-electron chi connectivity index (χ4n) is 6.56. The number of aryl methyl sites for hydroxylation is 2. The summed E-state index contributed by atoms with van der Waals surface area (Å²) in [5.74, 6) is -1.07. The molecule has 2 aromatic carbocycles. The number of guanidine groups is 1.